The second kappa shape index (κ2) is 4.48. The fourth-order valence-corrected chi connectivity index (χ4v) is 2.56. The Morgan fingerprint density at radius 1 is 1.24 bits per heavy atom. The summed E-state index contributed by atoms with van der Waals surface area (Å²) in [7, 11) is 0. The van der Waals surface area contributed by atoms with E-state index in [0.717, 1.165) is 28.4 Å². The minimum Gasteiger partial charge on any atom is -0.454 e. The number of aromatic nitrogens is 3. The van der Waals surface area contributed by atoms with Crippen molar-refractivity contribution in [1.29, 1.82) is 0 Å². The molecule has 1 aliphatic rings. The van der Waals surface area contributed by atoms with Crippen molar-refractivity contribution in [3.63, 3.8) is 0 Å². The van der Waals surface area contributed by atoms with Crippen molar-refractivity contribution in [2.45, 2.75) is 19.9 Å². The molecule has 0 saturated carbocycles. The van der Waals surface area contributed by atoms with Crippen molar-refractivity contribution in [3.05, 3.63) is 42.9 Å². The molecular weight excluding hydrogens is 266 g/mol. The first kappa shape index (κ1) is 12.2. The van der Waals surface area contributed by atoms with Crippen LogP contribution in [0.2, 0.25) is 0 Å². The Labute approximate surface area is 122 Å². The molecule has 1 aromatic carbocycles. The summed E-state index contributed by atoms with van der Waals surface area (Å²) in [5.74, 6) is 1.54. The first-order valence-electron chi connectivity index (χ1n) is 6.94. The zero-order chi connectivity index (χ0) is 14.4. The number of ether oxygens (including phenoxy) is 2. The minimum absolute atomic E-state index is 0.277. The van der Waals surface area contributed by atoms with Gasteiger partial charge in [-0.3, -0.25) is 0 Å². The van der Waals surface area contributed by atoms with E-state index in [1.54, 1.807) is 6.20 Å². The van der Waals surface area contributed by atoms with Crippen LogP contribution in [-0.4, -0.2) is 16.3 Å². The zero-order valence-corrected chi connectivity index (χ0v) is 11.9. The van der Waals surface area contributed by atoms with Gasteiger partial charge >= 0.3 is 0 Å². The van der Waals surface area contributed by atoms with Gasteiger partial charge in [0.2, 0.25) is 6.79 Å². The van der Waals surface area contributed by atoms with Crippen LogP contribution in [0.3, 0.4) is 0 Å². The van der Waals surface area contributed by atoms with Gasteiger partial charge in [-0.2, -0.15) is 4.98 Å². The van der Waals surface area contributed by atoms with Crippen LogP contribution in [0.25, 0.3) is 16.9 Å². The maximum Gasteiger partial charge on any atom is 0.231 e. The normalized spacial score (nSPS) is 13.3. The average molecular weight is 281 g/mol. The predicted molar refractivity (Wildman–Crippen MR) is 76.6 cm³/mol. The number of pyridine rings is 1. The van der Waals surface area contributed by atoms with Crippen molar-refractivity contribution in [2.75, 3.05) is 6.79 Å². The molecule has 0 saturated heterocycles. The molecule has 106 valence electrons. The molecule has 0 unspecified atom stereocenters. The molecule has 0 bridgehead atoms. The number of benzene rings is 1. The van der Waals surface area contributed by atoms with Crippen LogP contribution in [0.5, 0.6) is 11.5 Å². The third-order valence-electron chi connectivity index (χ3n) is 3.58. The summed E-state index contributed by atoms with van der Waals surface area (Å²) >= 11 is 0. The second-order valence-electron chi connectivity index (χ2n) is 5.28. The van der Waals surface area contributed by atoms with E-state index in [0.29, 0.717) is 6.04 Å². The van der Waals surface area contributed by atoms with Gasteiger partial charge in [-0.25, -0.2) is 0 Å². The van der Waals surface area contributed by atoms with E-state index in [1.807, 2.05) is 28.8 Å². The molecule has 3 aromatic rings. The summed E-state index contributed by atoms with van der Waals surface area (Å²) in [6.07, 6.45) is 5.17. The number of rotatable bonds is 2. The van der Waals surface area contributed by atoms with Crippen molar-refractivity contribution in [1.82, 2.24) is 9.55 Å². The monoisotopic (exact) mass is 281 g/mol. The Kier molecular flexibility index (Phi) is 2.60. The molecular formula is C16H15N3O2. The topological polar surface area (TPSA) is 40.2 Å². The van der Waals surface area contributed by atoms with E-state index in [1.165, 1.54) is 0 Å². The van der Waals surface area contributed by atoms with E-state index in [2.05, 4.69) is 35.8 Å². The first-order chi connectivity index (χ1) is 10.2. The number of nitrogens with zero attached hydrogens (tertiary/aromatic N) is 3. The Morgan fingerprint density at radius 2 is 2.10 bits per heavy atom. The van der Waals surface area contributed by atoms with Crippen LogP contribution >= 0.6 is 0 Å². The summed E-state index contributed by atoms with van der Waals surface area (Å²) in [5, 5.41) is 0. The highest BCUT2D eigenvalue weighted by molar-refractivity contribution is 5.67. The Balaban J connectivity index is 1.94. The molecule has 2 aromatic heterocycles. The molecule has 0 radical (unpaired) electrons. The summed E-state index contributed by atoms with van der Waals surface area (Å²) in [4.78, 5) is 4.49. The highest BCUT2D eigenvalue weighted by Crippen LogP contribution is 2.32. The van der Waals surface area contributed by atoms with Crippen LogP contribution in [0, 0.1) is 6.33 Å². The average Bonchev–Trinajstić information content (AvgIpc) is 3.10. The molecule has 0 N–H and O–H groups in total. The largest absolute Gasteiger partial charge is 0.454 e. The summed E-state index contributed by atoms with van der Waals surface area (Å²) in [6, 6.07) is 10.2. The number of hydrogen-bond donors (Lipinski definition) is 0. The highest BCUT2D eigenvalue weighted by atomic mass is 16.7. The van der Waals surface area contributed by atoms with Gasteiger partial charge in [0.05, 0.1) is 17.8 Å². The first-order valence-corrected chi connectivity index (χ1v) is 6.94. The van der Waals surface area contributed by atoms with Gasteiger partial charge in [0.1, 0.15) is 0 Å². The maximum atomic E-state index is 5.45. The Morgan fingerprint density at radius 3 is 2.95 bits per heavy atom. The van der Waals surface area contributed by atoms with Gasteiger partial charge in [0, 0.05) is 5.69 Å². The SMILES string of the molecule is CC(C)n1[c-][n+](-c2ccc3c(c2)OCO3)c2ncccc21. The predicted octanol–water partition coefficient (Wildman–Crippen LogP) is 2.42. The lowest BCUT2D eigenvalue weighted by Crippen LogP contribution is -2.30. The third-order valence-corrected chi connectivity index (χ3v) is 3.58. The lowest BCUT2D eigenvalue weighted by Gasteiger charge is -2.07. The van der Waals surface area contributed by atoms with Gasteiger partial charge in [-0.1, -0.05) is 12.1 Å². The molecule has 0 atom stereocenters. The Hall–Kier alpha value is -2.56. The Bertz CT molecular complexity index is 824. The van der Waals surface area contributed by atoms with Gasteiger partial charge in [-0.05, 0) is 32.0 Å². The molecule has 1 aliphatic heterocycles. The standard InChI is InChI=1S/C16H15N3O2/c1-11(2)18-9-19(16-13(18)4-3-7-17-16)12-5-6-14-15(8-12)21-10-20-14/h3-8,11H,10H2,1-2H3. The fourth-order valence-electron chi connectivity index (χ4n) is 2.56. The summed E-state index contributed by atoms with van der Waals surface area (Å²) in [6.45, 7) is 4.54. The molecule has 5 heteroatoms. The quantitative estimate of drug-likeness (QED) is 0.535. The van der Waals surface area contributed by atoms with Crippen molar-refractivity contribution < 1.29 is 14.0 Å². The lowest BCUT2D eigenvalue weighted by atomic mass is 10.2. The molecule has 0 spiro atoms. The van der Waals surface area contributed by atoms with E-state index < -0.39 is 0 Å². The van der Waals surface area contributed by atoms with E-state index in [-0.39, 0.29) is 6.79 Å². The van der Waals surface area contributed by atoms with E-state index in [9.17, 15) is 0 Å². The summed E-state index contributed by atoms with van der Waals surface area (Å²) < 4.78 is 14.9. The smallest absolute Gasteiger partial charge is 0.231 e. The third kappa shape index (κ3) is 1.85. The van der Waals surface area contributed by atoms with Gasteiger partial charge in [-0.15, -0.1) is 0 Å². The van der Waals surface area contributed by atoms with E-state index >= 15 is 0 Å². The molecule has 0 aliphatic carbocycles. The van der Waals surface area contributed by atoms with Crippen molar-refractivity contribution >= 4 is 11.2 Å². The van der Waals surface area contributed by atoms with Crippen LogP contribution in [-0.2, 0) is 0 Å². The molecule has 3 heterocycles. The molecule has 21 heavy (non-hydrogen) atoms. The number of fused-ring (bicyclic) bond motifs is 2. The second-order valence-corrected chi connectivity index (χ2v) is 5.28. The van der Waals surface area contributed by atoms with Crippen molar-refractivity contribution in [3.8, 4) is 17.2 Å². The number of imidazole rings is 1. The number of hydrogen-bond acceptors (Lipinski definition) is 3. The van der Waals surface area contributed by atoms with Gasteiger partial charge in [0.15, 0.2) is 23.5 Å². The van der Waals surface area contributed by atoms with Gasteiger partial charge < -0.3 is 18.6 Å². The van der Waals surface area contributed by atoms with Crippen LogP contribution in [0.1, 0.15) is 19.9 Å². The molecule has 0 amide bonds. The molecule has 4 rings (SSSR count). The maximum absolute atomic E-state index is 5.45. The van der Waals surface area contributed by atoms with E-state index in [4.69, 9.17) is 9.47 Å². The lowest BCUT2D eigenvalue weighted by molar-refractivity contribution is -0.575. The minimum atomic E-state index is 0.277. The zero-order valence-electron chi connectivity index (χ0n) is 11.9. The fraction of sp³-hybridized carbons (Fsp3) is 0.250. The van der Waals surface area contributed by atoms with Crippen LogP contribution in [0.15, 0.2) is 36.5 Å². The van der Waals surface area contributed by atoms with Crippen LogP contribution in [0.4, 0.5) is 0 Å². The highest BCUT2D eigenvalue weighted by Gasteiger charge is 2.16. The molecule has 0 fully saturated rings. The van der Waals surface area contributed by atoms with Crippen LogP contribution < -0.4 is 14.0 Å². The molecule has 5 nitrogen and oxygen atoms in total. The van der Waals surface area contributed by atoms with Crippen molar-refractivity contribution in [2.24, 2.45) is 0 Å². The van der Waals surface area contributed by atoms with Gasteiger partial charge in [0.25, 0.3) is 0 Å². The summed E-state index contributed by atoms with van der Waals surface area (Å²) in [5.41, 5.74) is 2.90.